The molecule has 0 saturated carbocycles. The van der Waals surface area contributed by atoms with Gasteiger partial charge in [-0.25, -0.2) is 4.79 Å². The van der Waals surface area contributed by atoms with Crippen molar-refractivity contribution in [1.82, 2.24) is 4.90 Å². The second kappa shape index (κ2) is 5.06. The summed E-state index contributed by atoms with van der Waals surface area (Å²) in [5, 5.41) is 0. The zero-order valence-electron chi connectivity index (χ0n) is 13.4. The Bertz CT molecular complexity index is 623. The quantitative estimate of drug-likeness (QED) is 0.746. The molecule has 6 heteroatoms. The van der Waals surface area contributed by atoms with Crippen LogP contribution in [0.4, 0.5) is 4.79 Å². The highest BCUT2D eigenvalue weighted by Crippen LogP contribution is 2.45. The minimum absolute atomic E-state index is 0.0814. The second-order valence-corrected chi connectivity index (χ2v) is 8.00. The van der Waals surface area contributed by atoms with Gasteiger partial charge >= 0.3 is 6.09 Å². The Hall–Kier alpha value is -1.40. The summed E-state index contributed by atoms with van der Waals surface area (Å²) < 4.78 is 11.4. The maximum absolute atomic E-state index is 12.1. The molecule has 0 N–H and O–H groups in total. The van der Waals surface area contributed by atoms with Gasteiger partial charge in [-0.15, -0.1) is 11.3 Å². The van der Waals surface area contributed by atoms with E-state index < -0.39 is 11.2 Å². The first-order chi connectivity index (χ1) is 10.2. The lowest BCUT2D eigenvalue weighted by atomic mass is 9.87. The summed E-state index contributed by atoms with van der Waals surface area (Å²) >= 11 is 1.50. The topological polar surface area (TPSA) is 55.8 Å². The molecule has 1 fully saturated rings. The van der Waals surface area contributed by atoms with Crippen LogP contribution < -0.4 is 0 Å². The van der Waals surface area contributed by atoms with Crippen molar-refractivity contribution in [2.24, 2.45) is 0 Å². The Morgan fingerprint density at radius 3 is 2.64 bits per heavy atom. The molecule has 2 aliphatic rings. The number of carbonyl (C=O) groups excluding carboxylic acids is 2. The van der Waals surface area contributed by atoms with Crippen LogP contribution in [-0.2, 0) is 21.5 Å². The van der Waals surface area contributed by atoms with Gasteiger partial charge in [-0.2, -0.15) is 0 Å². The van der Waals surface area contributed by atoms with Crippen molar-refractivity contribution in [3.8, 4) is 0 Å². The van der Waals surface area contributed by atoms with Gasteiger partial charge in [0.1, 0.15) is 11.2 Å². The summed E-state index contributed by atoms with van der Waals surface area (Å²) in [6.07, 6.45) is 0.519. The smallest absolute Gasteiger partial charge is 0.410 e. The standard InChI is InChI=1S/C16H21NO4S/c1-10(18)12-7-11-5-6-20-16(13(11)22-12)8-17(9-16)14(19)21-15(2,3)4/h7H,5-6,8-9H2,1-4H3. The van der Waals surface area contributed by atoms with Gasteiger partial charge in [0.2, 0.25) is 0 Å². The van der Waals surface area contributed by atoms with Crippen LogP contribution in [0.3, 0.4) is 0 Å². The molecule has 0 atom stereocenters. The number of thiophene rings is 1. The SMILES string of the molecule is CC(=O)c1cc2c(s1)C1(CN(C(=O)OC(C)(C)C)C1)OCC2. The Morgan fingerprint density at radius 1 is 1.36 bits per heavy atom. The van der Waals surface area contributed by atoms with Gasteiger partial charge in [0.15, 0.2) is 5.78 Å². The number of nitrogens with zero attached hydrogens (tertiary/aromatic N) is 1. The summed E-state index contributed by atoms with van der Waals surface area (Å²) in [5.74, 6) is 0.0814. The number of rotatable bonds is 1. The van der Waals surface area contributed by atoms with Crippen molar-refractivity contribution in [3.63, 3.8) is 0 Å². The highest BCUT2D eigenvalue weighted by molar-refractivity contribution is 7.14. The first kappa shape index (κ1) is 15.5. The lowest BCUT2D eigenvalue weighted by Crippen LogP contribution is -2.64. The van der Waals surface area contributed by atoms with Gasteiger partial charge in [-0.05, 0) is 45.7 Å². The average molecular weight is 323 g/mol. The van der Waals surface area contributed by atoms with Crippen LogP contribution in [-0.4, -0.2) is 42.1 Å². The van der Waals surface area contributed by atoms with E-state index >= 15 is 0 Å². The molecule has 0 bridgehead atoms. The molecule has 1 amide bonds. The maximum atomic E-state index is 12.1. The Morgan fingerprint density at radius 2 is 2.05 bits per heavy atom. The van der Waals surface area contributed by atoms with Gasteiger partial charge in [0.25, 0.3) is 0 Å². The van der Waals surface area contributed by atoms with Gasteiger partial charge in [-0.3, -0.25) is 4.79 Å². The van der Waals surface area contributed by atoms with E-state index in [1.54, 1.807) is 11.8 Å². The van der Waals surface area contributed by atoms with Gasteiger partial charge in [0.05, 0.1) is 24.6 Å². The minimum atomic E-state index is -0.497. The molecule has 1 aromatic heterocycles. The fourth-order valence-electron chi connectivity index (χ4n) is 2.86. The van der Waals surface area contributed by atoms with Gasteiger partial charge in [-0.1, -0.05) is 0 Å². The minimum Gasteiger partial charge on any atom is -0.444 e. The number of fused-ring (bicyclic) bond motifs is 2. The molecule has 0 aliphatic carbocycles. The van der Waals surface area contributed by atoms with Crippen LogP contribution >= 0.6 is 11.3 Å². The van der Waals surface area contributed by atoms with E-state index in [9.17, 15) is 9.59 Å². The molecular weight excluding hydrogens is 302 g/mol. The first-order valence-electron chi connectivity index (χ1n) is 7.46. The molecule has 1 saturated heterocycles. The zero-order valence-corrected chi connectivity index (χ0v) is 14.2. The van der Waals surface area contributed by atoms with E-state index in [-0.39, 0.29) is 11.9 Å². The second-order valence-electron chi connectivity index (χ2n) is 6.95. The van der Waals surface area contributed by atoms with E-state index in [1.807, 2.05) is 26.8 Å². The van der Waals surface area contributed by atoms with E-state index in [0.717, 1.165) is 16.2 Å². The highest BCUT2D eigenvalue weighted by atomic mass is 32.1. The number of likely N-dealkylation sites (tertiary alicyclic amines) is 1. The average Bonchev–Trinajstić information content (AvgIpc) is 2.77. The van der Waals surface area contributed by atoms with Crippen LogP contribution in [0.15, 0.2) is 6.07 Å². The summed E-state index contributed by atoms with van der Waals surface area (Å²) in [4.78, 5) is 27.2. The summed E-state index contributed by atoms with van der Waals surface area (Å²) in [6.45, 7) is 8.76. The first-order valence-corrected chi connectivity index (χ1v) is 8.28. The molecule has 2 aliphatic heterocycles. The van der Waals surface area contributed by atoms with E-state index in [4.69, 9.17) is 9.47 Å². The molecular formula is C16H21NO4S. The summed E-state index contributed by atoms with van der Waals surface area (Å²) in [6, 6.07) is 1.97. The number of ketones is 1. The van der Waals surface area contributed by atoms with Crippen molar-refractivity contribution >= 4 is 23.2 Å². The fourth-order valence-corrected chi connectivity index (χ4v) is 4.09. The van der Waals surface area contributed by atoms with E-state index in [2.05, 4.69) is 0 Å². The van der Waals surface area contributed by atoms with Crippen molar-refractivity contribution in [3.05, 3.63) is 21.4 Å². The largest absolute Gasteiger partial charge is 0.444 e. The molecule has 3 rings (SSSR count). The molecule has 120 valence electrons. The lowest BCUT2D eigenvalue weighted by Gasteiger charge is -2.50. The third-order valence-electron chi connectivity index (χ3n) is 3.86. The monoisotopic (exact) mass is 323 g/mol. The third-order valence-corrected chi connectivity index (χ3v) is 5.33. The van der Waals surface area contributed by atoms with Gasteiger partial charge in [0, 0.05) is 4.88 Å². The molecule has 1 aromatic rings. The van der Waals surface area contributed by atoms with Crippen LogP contribution in [0.25, 0.3) is 0 Å². The Labute approximate surface area is 134 Å². The van der Waals surface area contributed by atoms with Crippen LogP contribution in [0.1, 0.15) is 47.8 Å². The Kier molecular flexibility index (Phi) is 3.57. The maximum Gasteiger partial charge on any atom is 0.410 e. The van der Waals surface area contributed by atoms with Crippen molar-refractivity contribution in [1.29, 1.82) is 0 Å². The molecule has 3 heterocycles. The van der Waals surface area contributed by atoms with Crippen LogP contribution in [0, 0.1) is 0 Å². The number of hydrogen-bond acceptors (Lipinski definition) is 5. The Balaban J connectivity index is 1.76. The summed E-state index contributed by atoms with van der Waals surface area (Å²) in [5.41, 5.74) is 0.247. The third kappa shape index (κ3) is 2.65. The molecule has 0 aromatic carbocycles. The number of ether oxygens (including phenoxy) is 2. The molecule has 1 spiro atoms. The number of Topliss-reactive ketones (excluding diaryl/α,β-unsaturated/α-hetero) is 1. The van der Waals surface area contributed by atoms with E-state index in [0.29, 0.717) is 19.7 Å². The number of hydrogen-bond donors (Lipinski definition) is 0. The predicted molar refractivity (Wildman–Crippen MR) is 83.5 cm³/mol. The zero-order chi connectivity index (χ0) is 16.1. The summed E-state index contributed by atoms with van der Waals surface area (Å²) in [7, 11) is 0. The fraction of sp³-hybridized carbons (Fsp3) is 0.625. The molecule has 22 heavy (non-hydrogen) atoms. The van der Waals surface area contributed by atoms with E-state index in [1.165, 1.54) is 16.9 Å². The van der Waals surface area contributed by atoms with Crippen molar-refractivity contribution < 1.29 is 19.1 Å². The number of amides is 1. The van der Waals surface area contributed by atoms with Crippen LogP contribution in [0.2, 0.25) is 0 Å². The molecule has 0 unspecified atom stereocenters. The van der Waals surface area contributed by atoms with Gasteiger partial charge < -0.3 is 14.4 Å². The normalized spacial score (nSPS) is 19.5. The molecule has 0 radical (unpaired) electrons. The van der Waals surface area contributed by atoms with Crippen molar-refractivity contribution in [2.45, 2.75) is 45.3 Å². The molecule has 5 nitrogen and oxygen atoms in total. The van der Waals surface area contributed by atoms with Crippen LogP contribution in [0.5, 0.6) is 0 Å². The number of carbonyl (C=O) groups is 2. The highest BCUT2D eigenvalue weighted by Gasteiger charge is 2.52. The predicted octanol–water partition coefficient (Wildman–Crippen LogP) is 2.97. The van der Waals surface area contributed by atoms with Crippen molar-refractivity contribution in [2.75, 3.05) is 19.7 Å². The lowest BCUT2D eigenvalue weighted by molar-refractivity contribution is -0.150.